The third kappa shape index (κ3) is 3.65. The predicted molar refractivity (Wildman–Crippen MR) is 69.2 cm³/mol. The summed E-state index contributed by atoms with van der Waals surface area (Å²) in [6.07, 6.45) is 1.68. The van der Waals surface area contributed by atoms with Gasteiger partial charge in [0.25, 0.3) is 5.95 Å². The second-order valence-corrected chi connectivity index (χ2v) is 4.08. The first kappa shape index (κ1) is 13.7. The normalized spacial score (nSPS) is 11.9. The van der Waals surface area contributed by atoms with Crippen molar-refractivity contribution in [2.45, 2.75) is 19.4 Å². The molecule has 0 bridgehead atoms. The molecule has 2 aromatic heterocycles. The first-order valence-corrected chi connectivity index (χ1v) is 5.79. The number of nitrogens with zero attached hydrogens (tertiary/aromatic N) is 5. The third-order valence-electron chi connectivity index (χ3n) is 2.40. The van der Waals surface area contributed by atoms with Crippen LogP contribution in [0.3, 0.4) is 0 Å². The Hall–Kier alpha value is -2.68. The van der Waals surface area contributed by atoms with Crippen LogP contribution in [0.2, 0.25) is 0 Å². The number of carboxylic acids is 1. The SMILES string of the molecule is Cc1nnc(Nc2ccnc(CC(N)C(=O)O)c2)nn1. The maximum atomic E-state index is 10.7. The lowest BCUT2D eigenvalue weighted by molar-refractivity contribution is -0.138. The van der Waals surface area contributed by atoms with Crippen LogP contribution in [0.4, 0.5) is 11.6 Å². The molecule has 20 heavy (non-hydrogen) atoms. The van der Waals surface area contributed by atoms with Gasteiger partial charge in [0.15, 0.2) is 5.82 Å². The summed E-state index contributed by atoms with van der Waals surface area (Å²) in [5, 5.41) is 26.8. The standard InChI is InChI=1S/C11H13N7O2/c1-6-15-17-11(18-16-6)14-7-2-3-13-8(4-7)5-9(12)10(19)20/h2-4,9H,5,12H2,1H3,(H,19,20)(H,13,14,17,18). The summed E-state index contributed by atoms with van der Waals surface area (Å²) in [5.41, 5.74) is 6.67. The number of nitrogens with one attached hydrogen (secondary N) is 1. The Morgan fingerprint density at radius 1 is 1.40 bits per heavy atom. The van der Waals surface area contributed by atoms with Crippen LogP contribution in [0.5, 0.6) is 0 Å². The number of aliphatic carboxylic acids is 1. The molecule has 9 heteroatoms. The van der Waals surface area contributed by atoms with Gasteiger partial charge in [-0.2, -0.15) is 0 Å². The number of nitrogens with two attached hydrogens (primary N) is 1. The number of aromatic nitrogens is 5. The van der Waals surface area contributed by atoms with Crippen molar-refractivity contribution < 1.29 is 9.90 Å². The number of hydrogen-bond donors (Lipinski definition) is 3. The second kappa shape index (κ2) is 5.97. The number of rotatable bonds is 5. The fourth-order valence-electron chi connectivity index (χ4n) is 1.44. The van der Waals surface area contributed by atoms with Gasteiger partial charge >= 0.3 is 5.97 Å². The van der Waals surface area contributed by atoms with E-state index in [1.807, 2.05) is 0 Å². The fourth-order valence-corrected chi connectivity index (χ4v) is 1.44. The fraction of sp³-hybridized carbons (Fsp3) is 0.273. The molecule has 2 rings (SSSR count). The van der Waals surface area contributed by atoms with E-state index < -0.39 is 12.0 Å². The summed E-state index contributed by atoms with van der Waals surface area (Å²) in [4.78, 5) is 14.8. The Labute approximate surface area is 114 Å². The summed E-state index contributed by atoms with van der Waals surface area (Å²) in [5.74, 6) is -0.353. The Bertz CT molecular complexity index is 602. The van der Waals surface area contributed by atoms with Gasteiger partial charge < -0.3 is 16.2 Å². The molecular weight excluding hydrogens is 262 g/mol. The monoisotopic (exact) mass is 275 g/mol. The lowest BCUT2D eigenvalue weighted by Gasteiger charge is -2.08. The maximum Gasteiger partial charge on any atom is 0.320 e. The zero-order chi connectivity index (χ0) is 14.5. The highest BCUT2D eigenvalue weighted by molar-refractivity contribution is 5.73. The summed E-state index contributed by atoms with van der Waals surface area (Å²) in [6.45, 7) is 1.68. The molecule has 0 saturated carbocycles. The van der Waals surface area contributed by atoms with Crippen molar-refractivity contribution in [3.05, 3.63) is 29.8 Å². The molecule has 104 valence electrons. The zero-order valence-corrected chi connectivity index (χ0v) is 10.7. The largest absolute Gasteiger partial charge is 0.480 e. The van der Waals surface area contributed by atoms with E-state index in [1.54, 1.807) is 25.3 Å². The summed E-state index contributed by atoms with van der Waals surface area (Å²) < 4.78 is 0. The van der Waals surface area contributed by atoms with E-state index in [2.05, 4.69) is 30.7 Å². The van der Waals surface area contributed by atoms with Gasteiger partial charge in [-0.15, -0.1) is 20.4 Å². The summed E-state index contributed by atoms with van der Waals surface area (Å²) in [7, 11) is 0. The molecule has 0 radical (unpaired) electrons. The van der Waals surface area contributed by atoms with Crippen LogP contribution in [-0.2, 0) is 11.2 Å². The van der Waals surface area contributed by atoms with E-state index in [-0.39, 0.29) is 12.4 Å². The van der Waals surface area contributed by atoms with Crippen molar-refractivity contribution in [1.82, 2.24) is 25.4 Å². The highest BCUT2D eigenvalue weighted by atomic mass is 16.4. The van der Waals surface area contributed by atoms with Crippen molar-refractivity contribution in [2.75, 3.05) is 5.32 Å². The molecular formula is C11H13N7O2. The van der Waals surface area contributed by atoms with E-state index in [1.165, 1.54) is 0 Å². The number of carbonyl (C=O) groups is 1. The molecule has 2 aromatic rings. The lowest BCUT2D eigenvalue weighted by Crippen LogP contribution is -2.32. The number of anilines is 2. The minimum absolute atomic E-state index is 0.135. The first-order chi connectivity index (χ1) is 9.54. The van der Waals surface area contributed by atoms with Gasteiger partial charge in [-0.05, 0) is 19.1 Å². The van der Waals surface area contributed by atoms with Gasteiger partial charge in [-0.1, -0.05) is 0 Å². The van der Waals surface area contributed by atoms with Gasteiger partial charge in [0.2, 0.25) is 0 Å². The topological polar surface area (TPSA) is 140 Å². The molecule has 0 aromatic carbocycles. The van der Waals surface area contributed by atoms with Crippen LogP contribution in [0, 0.1) is 6.92 Å². The average Bonchev–Trinajstić information content (AvgIpc) is 2.42. The summed E-state index contributed by atoms with van der Waals surface area (Å²) >= 11 is 0. The molecule has 2 heterocycles. The van der Waals surface area contributed by atoms with Crippen LogP contribution in [-0.4, -0.2) is 42.5 Å². The lowest BCUT2D eigenvalue weighted by atomic mass is 10.1. The van der Waals surface area contributed by atoms with E-state index in [9.17, 15) is 4.79 Å². The van der Waals surface area contributed by atoms with Gasteiger partial charge in [0.1, 0.15) is 6.04 Å². The molecule has 1 unspecified atom stereocenters. The van der Waals surface area contributed by atoms with Crippen molar-refractivity contribution >= 4 is 17.6 Å². The van der Waals surface area contributed by atoms with E-state index in [0.29, 0.717) is 17.2 Å². The van der Waals surface area contributed by atoms with Crippen molar-refractivity contribution in [2.24, 2.45) is 5.73 Å². The molecule has 0 fully saturated rings. The quantitative estimate of drug-likeness (QED) is 0.668. The minimum atomic E-state index is -1.07. The van der Waals surface area contributed by atoms with Crippen molar-refractivity contribution in [3.8, 4) is 0 Å². The van der Waals surface area contributed by atoms with E-state index >= 15 is 0 Å². The second-order valence-electron chi connectivity index (χ2n) is 4.08. The number of pyridine rings is 1. The van der Waals surface area contributed by atoms with Crippen molar-refractivity contribution in [1.29, 1.82) is 0 Å². The van der Waals surface area contributed by atoms with Gasteiger partial charge in [-0.25, -0.2) is 0 Å². The van der Waals surface area contributed by atoms with Crippen molar-refractivity contribution in [3.63, 3.8) is 0 Å². The number of hydrogen-bond acceptors (Lipinski definition) is 8. The van der Waals surface area contributed by atoms with E-state index in [0.717, 1.165) is 0 Å². The van der Waals surface area contributed by atoms with Crippen LogP contribution in [0.1, 0.15) is 11.5 Å². The Morgan fingerprint density at radius 2 is 2.10 bits per heavy atom. The van der Waals surface area contributed by atoms with Gasteiger partial charge in [-0.3, -0.25) is 9.78 Å². The van der Waals surface area contributed by atoms with E-state index in [4.69, 9.17) is 10.8 Å². The van der Waals surface area contributed by atoms with Gasteiger partial charge in [0, 0.05) is 24.0 Å². The predicted octanol–water partition coefficient (Wildman–Crippen LogP) is -0.332. The van der Waals surface area contributed by atoms with Crippen LogP contribution < -0.4 is 11.1 Å². The van der Waals surface area contributed by atoms with Crippen LogP contribution >= 0.6 is 0 Å². The molecule has 0 aliphatic heterocycles. The van der Waals surface area contributed by atoms with Crippen LogP contribution in [0.15, 0.2) is 18.3 Å². The highest BCUT2D eigenvalue weighted by Crippen LogP contribution is 2.12. The molecule has 0 aliphatic rings. The maximum absolute atomic E-state index is 10.7. The number of aryl methyl sites for hydroxylation is 1. The van der Waals surface area contributed by atoms with Crippen LogP contribution in [0.25, 0.3) is 0 Å². The average molecular weight is 275 g/mol. The zero-order valence-electron chi connectivity index (χ0n) is 10.7. The molecule has 0 saturated heterocycles. The molecule has 0 aliphatic carbocycles. The smallest absolute Gasteiger partial charge is 0.320 e. The highest BCUT2D eigenvalue weighted by Gasteiger charge is 2.13. The Morgan fingerprint density at radius 3 is 2.75 bits per heavy atom. The Balaban J connectivity index is 2.09. The minimum Gasteiger partial charge on any atom is -0.480 e. The molecule has 0 amide bonds. The van der Waals surface area contributed by atoms with Gasteiger partial charge in [0.05, 0.1) is 0 Å². The number of carboxylic acid groups (broad SMARTS) is 1. The molecule has 0 spiro atoms. The molecule has 1 atom stereocenters. The summed E-state index contributed by atoms with van der Waals surface area (Å²) in [6, 6.07) is 2.38. The molecule has 9 nitrogen and oxygen atoms in total. The molecule has 4 N–H and O–H groups in total. The third-order valence-corrected chi connectivity index (χ3v) is 2.40. The Kier molecular flexibility index (Phi) is 4.11. The first-order valence-electron chi connectivity index (χ1n) is 5.79.